The number of urea groups is 1. The Balaban J connectivity index is 2.09. The largest absolute Gasteiger partial charge is 0.497 e. The number of nitrogens with zero attached hydrogens (tertiary/aromatic N) is 1. The van der Waals surface area contributed by atoms with Gasteiger partial charge in [0.25, 0.3) is 5.91 Å². The number of amides is 3. The summed E-state index contributed by atoms with van der Waals surface area (Å²) in [7, 11) is 1.62. The molecule has 1 spiro atoms. The van der Waals surface area contributed by atoms with Crippen molar-refractivity contribution in [3.8, 4) is 5.75 Å². The van der Waals surface area contributed by atoms with Gasteiger partial charge in [-0.1, -0.05) is 19.9 Å². The molecule has 22 heavy (non-hydrogen) atoms. The van der Waals surface area contributed by atoms with E-state index in [4.69, 9.17) is 4.74 Å². The minimum atomic E-state index is -0.952. The van der Waals surface area contributed by atoms with Gasteiger partial charge in [-0.3, -0.25) is 10.1 Å². The number of anilines is 1. The van der Waals surface area contributed by atoms with Crippen molar-refractivity contribution < 1.29 is 14.3 Å². The predicted octanol–water partition coefficient (Wildman–Crippen LogP) is 1.60. The molecule has 1 aromatic rings. The molecule has 3 rings (SSSR count). The molecule has 0 aromatic heterocycles. The van der Waals surface area contributed by atoms with E-state index in [1.165, 1.54) is 0 Å². The minimum Gasteiger partial charge on any atom is -0.497 e. The lowest BCUT2D eigenvalue weighted by molar-refractivity contribution is -0.124. The van der Waals surface area contributed by atoms with Crippen molar-refractivity contribution in [2.24, 2.45) is 5.92 Å². The summed E-state index contributed by atoms with van der Waals surface area (Å²) in [6.45, 7) is 5.93. The summed E-state index contributed by atoms with van der Waals surface area (Å²) in [6.07, 6.45) is 0.566. The van der Waals surface area contributed by atoms with Crippen LogP contribution in [0.4, 0.5) is 10.5 Å². The highest BCUT2D eigenvalue weighted by Gasteiger charge is 2.51. The van der Waals surface area contributed by atoms with Gasteiger partial charge in [0.1, 0.15) is 11.3 Å². The lowest BCUT2D eigenvalue weighted by Gasteiger charge is -2.40. The van der Waals surface area contributed by atoms with E-state index in [-0.39, 0.29) is 5.91 Å². The van der Waals surface area contributed by atoms with Crippen molar-refractivity contribution in [2.75, 3.05) is 25.1 Å². The second-order valence-corrected chi connectivity index (χ2v) is 6.29. The van der Waals surface area contributed by atoms with Crippen molar-refractivity contribution in [3.63, 3.8) is 0 Å². The van der Waals surface area contributed by atoms with Gasteiger partial charge in [-0.2, -0.15) is 0 Å². The fourth-order valence-corrected chi connectivity index (χ4v) is 3.31. The summed E-state index contributed by atoms with van der Waals surface area (Å²) >= 11 is 0. The Morgan fingerprint density at radius 3 is 2.73 bits per heavy atom. The summed E-state index contributed by atoms with van der Waals surface area (Å²) in [5, 5.41) is 5.18. The number of benzene rings is 1. The molecular weight excluding hydrogens is 282 g/mol. The Hall–Kier alpha value is -2.24. The van der Waals surface area contributed by atoms with Crippen LogP contribution in [0.25, 0.3) is 0 Å². The summed E-state index contributed by atoms with van der Waals surface area (Å²) in [5.74, 6) is 0.975. The topological polar surface area (TPSA) is 70.7 Å². The minimum absolute atomic E-state index is 0.270. The highest BCUT2D eigenvalue weighted by molar-refractivity contribution is 6.08. The van der Waals surface area contributed by atoms with Crippen LogP contribution in [0.3, 0.4) is 0 Å². The first-order valence-corrected chi connectivity index (χ1v) is 7.53. The molecule has 1 atom stereocenters. The molecule has 0 saturated carbocycles. The highest BCUT2D eigenvalue weighted by Crippen LogP contribution is 2.42. The average molecular weight is 303 g/mol. The summed E-state index contributed by atoms with van der Waals surface area (Å²) in [5.41, 5.74) is 0.840. The van der Waals surface area contributed by atoms with Gasteiger partial charge in [0, 0.05) is 36.8 Å². The average Bonchev–Trinajstić information content (AvgIpc) is 2.76. The van der Waals surface area contributed by atoms with E-state index in [1.54, 1.807) is 7.11 Å². The van der Waals surface area contributed by atoms with Crippen molar-refractivity contribution in [1.29, 1.82) is 0 Å². The number of fused-ring (bicyclic) bond motifs is 2. The molecule has 1 saturated heterocycles. The van der Waals surface area contributed by atoms with E-state index in [0.717, 1.165) is 23.5 Å². The van der Waals surface area contributed by atoms with Crippen LogP contribution in [0.2, 0.25) is 0 Å². The van der Waals surface area contributed by atoms with E-state index in [9.17, 15) is 9.59 Å². The monoisotopic (exact) mass is 303 g/mol. The Labute approximate surface area is 129 Å². The summed E-state index contributed by atoms with van der Waals surface area (Å²) in [6, 6.07) is 5.23. The molecular formula is C16H21N3O3. The number of ether oxygens (including phenoxy) is 1. The normalized spacial score (nSPS) is 23.5. The molecule has 2 aliphatic rings. The number of methoxy groups -OCH3 is 1. The second kappa shape index (κ2) is 5.19. The Morgan fingerprint density at radius 2 is 2.14 bits per heavy atom. The van der Waals surface area contributed by atoms with Crippen LogP contribution in [0.15, 0.2) is 18.2 Å². The smallest absolute Gasteiger partial charge is 0.322 e. The molecule has 0 aliphatic carbocycles. The second-order valence-electron chi connectivity index (χ2n) is 6.29. The number of imide groups is 1. The van der Waals surface area contributed by atoms with Crippen LogP contribution >= 0.6 is 0 Å². The van der Waals surface area contributed by atoms with Gasteiger partial charge in [-0.25, -0.2) is 4.79 Å². The lowest BCUT2D eigenvalue weighted by Crippen LogP contribution is -2.51. The maximum atomic E-state index is 12.4. The summed E-state index contributed by atoms with van der Waals surface area (Å²) in [4.78, 5) is 26.3. The Bertz CT molecular complexity index is 629. The van der Waals surface area contributed by atoms with Gasteiger partial charge in [0.15, 0.2) is 0 Å². The van der Waals surface area contributed by atoms with Gasteiger partial charge in [-0.05, 0) is 12.0 Å². The van der Waals surface area contributed by atoms with E-state index in [1.807, 2.05) is 18.2 Å². The molecule has 6 nitrogen and oxygen atoms in total. The number of hydrogen-bond acceptors (Lipinski definition) is 4. The van der Waals surface area contributed by atoms with Crippen LogP contribution in [0.5, 0.6) is 5.75 Å². The van der Waals surface area contributed by atoms with Crippen molar-refractivity contribution in [2.45, 2.75) is 25.8 Å². The molecule has 1 aromatic carbocycles. The molecule has 6 heteroatoms. The number of nitrogens with one attached hydrogen (secondary N) is 2. The molecule has 3 amide bonds. The standard InChI is InChI=1S/C16H21N3O3/c1-10(2)9-19-7-6-16(14(20)17-15(21)18-16)12-5-4-11(22-3)8-13(12)19/h4-5,8,10H,6-7,9H2,1-3H3,(H2,17,18,20,21)/t16-/m1/s1. The molecule has 118 valence electrons. The van der Waals surface area contributed by atoms with Crippen molar-refractivity contribution in [3.05, 3.63) is 23.8 Å². The zero-order valence-electron chi connectivity index (χ0n) is 13.1. The van der Waals surface area contributed by atoms with Crippen LogP contribution in [-0.4, -0.2) is 32.1 Å². The SMILES string of the molecule is COc1ccc2c(c1)N(CC(C)C)CC[C@@]21NC(=O)NC1=O. The molecule has 0 radical (unpaired) electrons. The summed E-state index contributed by atoms with van der Waals surface area (Å²) < 4.78 is 5.32. The van der Waals surface area contributed by atoms with Crippen LogP contribution < -0.4 is 20.3 Å². The van der Waals surface area contributed by atoms with Crippen LogP contribution in [0, 0.1) is 5.92 Å². The molecule has 2 heterocycles. The lowest BCUT2D eigenvalue weighted by atomic mass is 9.81. The third-order valence-electron chi connectivity index (χ3n) is 4.29. The molecule has 2 N–H and O–H groups in total. The fraction of sp³-hybridized carbons (Fsp3) is 0.500. The van der Waals surface area contributed by atoms with Gasteiger partial charge >= 0.3 is 6.03 Å². The Kier molecular flexibility index (Phi) is 3.47. The Morgan fingerprint density at radius 1 is 1.36 bits per heavy atom. The van der Waals surface area contributed by atoms with Crippen molar-refractivity contribution in [1.82, 2.24) is 10.6 Å². The maximum Gasteiger partial charge on any atom is 0.322 e. The van der Waals surface area contributed by atoms with Gasteiger partial charge in [-0.15, -0.1) is 0 Å². The zero-order valence-corrected chi connectivity index (χ0v) is 13.1. The fourth-order valence-electron chi connectivity index (χ4n) is 3.31. The molecule has 0 bridgehead atoms. The predicted molar refractivity (Wildman–Crippen MR) is 83.0 cm³/mol. The van der Waals surface area contributed by atoms with E-state index >= 15 is 0 Å². The van der Waals surface area contributed by atoms with Crippen molar-refractivity contribution >= 4 is 17.6 Å². The van der Waals surface area contributed by atoms with Gasteiger partial charge in [0.2, 0.25) is 0 Å². The van der Waals surface area contributed by atoms with Gasteiger partial charge in [0.05, 0.1) is 7.11 Å². The first-order valence-electron chi connectivity index (χ1n) is 7.53. The third kappa shape index (κ3) is 2.19. The molecule has 1 fully saturated rings. The highest BCUT2D eigenvalue weighted by atomic mass is 16.5. The number of rotatable bonds is 3. The molecule has 0 unspecified atom stereocenters. The number of carbonyl (C=O) groups excluding carboxylic acids is 2. The molecule has 2 aliphatic heterocycles. The first kappa shape index (κ1) is 14.7. The maximum absolute atomic E-state index is 12.4. The van der Waals surface area contributed by atoms with E-state index in [0.29, 0.717) is 18.9 Å². The zero-order chi connectivity index (χ0) is 15.9. The first-order chi connectivity index (χ1) is 10.5. The number of carbonyl (C=O) groups is 2. The van der Waals surface area contributed by atoms with E-state index in [2.05, 4.69) is 29.4 Å². The third-order valence-corrected chi connectivity index (χ3v) is 4.29. The van der Waals surface area contributed by atoms with Crippen LogP contribution in [0.1, 0.15) is 25.8 Å². The van der Waals surface area contributed by atoms with Crippen LogP contribution in [-0.2, 0) is 10.3 Å². The number of hydrogen-bond donors (Lipinski definition) is 2. The van der Waals surface area contributed by atoms with E-state index < -0.39 is 11.6 Å². The van der Waals surface area contributed by atoms with Gasteiger partial charge < -0.3 is 15.0 Å². The quantitative estimate of drug-likeness (QED) is 0.832.